The van der Waals surface area contributed by atoms with E-state index < -0.39 is 10.0 Å². The molecule has 1 heterocycles. The molecule has 0 saturated carbocycles. The van der Waals surface area contributed by atoms with E-state index in [4.69, 9.17) is 10.5 Å². The van der Waals surface area contributed by atoms with Gasteiger partial charge < -0.3 is 10.5 Å². The summed E-state index contributed by atoms with van der Waals surface area (Å²) in [5.41, 5.74) is 9.08. The molecule has 1 aliphatic rings. The van der Waals surface area contributed by atoms with Crippen LogP contribution in [0.1, 0.15) is 29.7 Å². The minimum absolute atomic E-state index is 0.136. The molecule has 2 N–H and O–H groups in total. The minimum atomic E-state index is -3.13. The SMILES string of the molecule is CCS(=O)(=O)N1Cc2ccc(C(N)COC)cc2C1. The Kier molecular flexibility index (Phi) is 4.25. The van der Waals surface area contributed by atoms with Crippen molar-refractivity contribution in [1.82, 2.24) is 4.31 Å². The Morgan fingerprint density at radius 2 is 2.05 bits per heavy atom. The second-order valence-electron chi connectivity index (χ2n) is 4.76. The lowest BCUT2D eigenvalue weighted by Gasteiger charge is -2.13. The molecule has 0 radical (unpaired) electrons. The van der Waals surface area contributed by atoms with Gasteiger partial charge in [0.05, 0.1) is 18.4 Å². The Hall–Kier alpha value is -0.950. The molecule has 0 fully saturated rings. The average molecular weight is 284 g/mol. The molecule has 1 aromatic carbocycles. The summed E-state index contributed by atoms with van der Waals surface area (Å²) < 4.78 is 30.3. The fourth-order valence-corrected chi connectivity index (χ4v) is 3.31. The summed E-state index contributed by atoms with van der Waals surface area (Å²) in [5, 5.41) is 0. The van der Waals surface area contributed by atoms with E-state index in [-0.39, 0.29) is 11.8 Å². The molecular weight excluding hydrogens is 264 g/mol. The molecule has 6 heteroatoms. The van der Waals surface area contributed by atoms with Gasteiger partial charge in [-0.3, -0.25) is 0 Å². The Labute approximate surface area is 114 Å². The fourth-order valence-electron chi connectivity index (χ4n) is 2.27. The van der Waals surface area contributed by atoms with Gasteiger partial charge in [-0.25, -0.2) is 8.42 Å². The number of sulfonamides is 1. The number of methoxy groups -OCH3 is 1. The van der Waals surface area contributed by atoms with Crippen LogP contribution in [0.2, 0.25) is 0 Å². The topological polar surface area (TPSA) is 72.6 Å². The van der Waals surface area contributed by atoms with Crippen molar-refractivity contribution in [1.29, 1.82) is 0 Å². The maximum atomic E-state index is 11.9. The predicted molar refractivity (Wildman–Crippen MR) is 74.0 cm³/mol. The molecule has 0 spiro atoms. The number of nitrogens with zero attached hydrogens (tertiary/aromatic N) is 1. The van der Waals surface area contributed by atoms with E-state index in [1.807, 2.05) is 18.2 Å². The van der Waals surface area contributed by atoms with Crippen LogP contribution in [-0.2, 0) is 27.8 Å². The number of benzene rings is 1. The van der Waals surface area contributed by atoms with Crippen LogP contribution in [0.25, 0.3) is 0 Å². The van der Waals surface area contributed by atoms with Crippen molar-refractivity contribution in [3.63, 3.8) is 0 Å². The van der Waals surface area contributed by atoms with Crippen molar-refractivity contribution < 1.29 is 13.2 Å². The summed E-state index contributed by atoms with van der Waals surface area (Å²) in [5.74, 6) is 0.136. The standard InChI is InChI=1S/C13H20N2O3S/c1-3-19(16,17)15-7-11-5-4-10(6-12(11)8-15)13(14)9-18-2/h4-6,13H,3,7-9,14H2,1-2H3. The average Bonchev–Trinajstić information content (AvgIpc) is 2.82. The van der Waals surface area contributed by atoms with E-state index in [1.165, 1.54) is 4.31 Å². The number of ether oxygens (including phenoxy) is 1. The van der Waals surface area contributed by atoms with Gasteiger partial charge in [0.15, 0.2) is 0 Å². The molecule has 2 rings (SSSR count). The van der Waals surface area contributed by atoms with E-state index in [2.05, 4.69) is 0 Å². The fraction of sp³-hybridized carbons (Fsp3) is 0.538. The zero-order valence-corrected chi connectivity index (χ0v) is 12.1. The zero-order chi connectivity index (χ0) is 14.0. The Morgan fingerprint density at radius 1 is 1.37 bits per heavy atom. The normalized spacial score (nSPS) is 17.4. The predicted octanol–water partition coefficient (Wildman–Crippen LogP) is 0.998. The van der Waals surface area contributed by atoms with Crippen molar-refractivity contribution >= 4 is 10.0 Å². The molecule has 0 aliphatic carbocycles. The lowest BCUT2D eigenvalue weighted by Crippen LogP contribution is -2.26. The largest absolute Gasteiger partial charge is 0.383 e. The minimum Gasteiger partial charge on any atom is -0.383 e. The van der Waals surface area contributed by atoms with E-state index in [9.17, 15) is 8.42 Å². The van der Waals surface area contributed by atoms with Crippen LogP contribution >= 0.6 is 0 Å². The number of nitrogens with two attached hydrogens (primary N) is 1. The van der Waals surface area contributed by atoms with Crippen molar-refractivity contribution in [2.24, 2.45) is 5.73 Å². The van der Waals surface area contributed by atoms with Crippen LogP contribution in [0.15, 0.2) is 18.2 Å². The smallest absolute Gasteiger partial charge is 0.214 e. The lowest BCUT2D eigenvalue weighted by atomic mass is 10.0. The third-order valence-corrected chi connectivity index (χ3v) is 5.23. The molecule has 0 saturated heterocycles. The summed E-state index contributed by atoms with van der Waals surface area (Å²) in [6.07, 6.45) is 0. The third-order valence-electron chi connectivity index (χ3n) is 3.46. The van der Waals surface area contributed by atoms with E-state index >= 15 is 0 Å². The number of hydrogen-bond donors (Lipinski definition) is 1. The highest BCUT2D eigenvalue weighted by Gasteiger charge is 2.28. The van der Waals surface area contributed by atoms with Gasteiger partial charge in [-0.1, -0.05) is 18.2 Å². The quantitative estimate of drug-likeness (QED) is 0.875. The summed E-state index contributed by atoms with van der Waals surface area (Å²) in [4.78, 5) is 0. The van der Waals surface area contributed by atoms with E-state index in [0.29, 0.717) is 19.7 Å². The lowest BCUT2D eigenvalue weighted by molar-refractivity contribution is 0.181. The number of fused-ring (bicyclic) bond motifs is 1. The first kappa shape index (κ1) is 14.5. The molecular formula is C13H20N2O3S. The van der Waals surface area contributed by atoms with E-state index in [0.717, 1.165) is 16.7 Å². The molecule has 1 aromatic rings. The highest BCUT2D eigenvalue weighted by atomic mass is 32.2. The molecule has 1 atom stereocenters. The second-order valence-corrected chi connectivity index (χ2v) is 7.02. The zero-order valence-electron chi connectivity index (χ0n) is 11.3. The Balaban J connectivity index is 2.21. The Morgan fingerprint density at radius 3 is 2.68 bits per heavy atom. The molecule has 106 valence electrons. The van der Waals surface area contributed by atoms with Crippen molar-refractivity contribution in [3.05, 3.63) is 34.9 Å². The maximum Gasteiger partial charge on any atom is 0.214 e. The maximum absolute atomic E-state index is 11.9. The van der Waals surface area contributed by atoms with Gasteiger partial charge in [-0.15, -0.1) is 0 Å². The summed E-state index contributed by atoms with van der Waals surface area (Å²) in [6, 6.07) is 5.73. The van der Waals surface area contributed by atoms with Crippen LogP contribution in [0.4, 0.5) is 0 Å². The van der Waals surface area contributed by atoms with Crippen molar-refractivity contribution in [2.45, 2.75) is 26.1 Å². The van der Waals surface area contributed by atoms with E-state index in [1.54, 1.807) is 14.0 Å². The Bertz CT molecular complexity index is 557. The third kappa shape index (κ3) is 2.97. The molecule has 1 unspecified atom stereocenters. The van der Waals surface area contributed by atoms with Crippen LogP contribution < -0.4 is 5.73 Å². The van der Waals surface area contributed by atoms with Crippen LogP contribution in [-0.4, -0.2) is 32.2 Å². The van der Waals surface area contributed by atoms with Gasteiger partial charge in [-0.05, 0) is 23.6 Å². The highest BCUT2D eigenvalue weighted by Crippen LogP contribution is 2.27. The van der Waals surface area contributed by atoms with Gasteiger partial charge in [0.1, 0.15) is 0 Å². The summed E-state index contributed by atoms with van der Waals surface area (Å²) in [6.45, 7) is 3.03. The summed E-state index contributed by atoms with van der Waals surface area (Å²) in [7, 11) is -1.52. The highest BCUT2D eigenvalue weighted by molar-refractivity contribution is 7.89. The van der Waals surface area contributed by atoms with Crippen LogP contribution in [0.3, 0.4) is 0 Å². The van der Waals surface area contributed by atoms with Gasteiger partial charge in [0.2, 0.25) is 10.0 Å². The molecule has 0 aromatic heterocycles. The van der Waals surface area contributed by atoms with Crippen molar-refractivity contribution in [3.8, 4) is 0 Å². The first-order valence-corrected chi connectivity index (χ1v) is 7.93. The van der Waals surface area contributed by atoms with Crippen LogP contribution in [0, 0.1) is 0 Å². The first-order valence-electron chi connectivity index (χ1n) is 6.32. The van der Waals surface area contributed by atoms with Gasteiger partial charge >= 0.3 is 0 Å². The van der Waals surface area contributed by atoms with Crippen LogP contribution in [0.5, 0.6) is 0 Å². The molecule has 0 amide bonds. The van der Waals surface area contributed by atoms with Gasteiger partial charge in [-0.2, -0.15) is 4.31 Å². The van der Waals surface area contributed by atoms with Crippen molar-refractivity contribution in [2.75, 3.05) is 19.5 Å². The van der Waals surface area contributed by atoms with Gasteiger partial charge in [0.25, 0.3) is 0 Å². The molecule has 0 bridgehead atoms. The summed E-state index contributed by atoms with van der Waals surface area (Å²) >= 11 is 0. The first-order chi connectivity index (χ1) is 8.97. The number of rotatable bonds is 5. The number of hydrogen-bond acceptors (Lipinski definition) is 4. The second kappa shape index (κ2) is 5.58. The molecule has 1 aliphatic heterocycles. The van der Waals surface area contributed by atoms with Gasteiger partial charge in [0, 0.05) is 20.2 Å². The molecule has 5 nitrogen and oxygen atoms in total. The monoisotopic (exact) mass is 284 g/mol. The molecule has 19 heavy (non-hydrogen) atoms.